The molecule has 0 saturated carbocycles. The Morgan fingerprint density at radius 3 is 2.39 bits per heavy atom. The predicted octanol–water partition coefficient (Wildman–Crippen LogP) is 5.31. The second kappa shape index (κ2) is 8.06. The van der Waals surface area contributed by atoms with Gasteiger partial charge in [-0.2, -0.15) is 0 Å². The molecule has 0 bridgehead atoms. The number of nitrogens with one attached hydrogen (secondary N) is 1. The first kappa shape index (κ1) is 20.7. The lowest BCUT2D eigenvalue weighted by Gasteiger charge is -2.25. The zero-order chi connectivity index (χ0) is 23.1. The highest BCUT2D eigenvalue weighted by atomic mass is 16.3. The summed E-state index contributed by atoms with van der Waals surface area (Å²) in [6, 6.07) is 17.9. The van der Waals surface area contributed by atoms with Gasteiger partial charge < -0.3 is 10.1 Å². The molecular weight excluding hydrogens is 414 g/mol. The summed E-state index contributed by atoms with van der Waals surface area (Å²) in [6.07, 6.45) is 4.89. The molecule has 1 saturated heterocycles. The summed E-state index contributed by atoms with van der Waals surface area (Å²) in [5, 5.41) is 12.1. The van der Waals surface area contributed by atoms with E-state index in [2.05, 4.69) is 23.8 Å². The van der Waals surface area contributed by atoms with Crippen LogP contribution >= 0.6 is 0 Å². The number of nitrogens with zero attached hydrogens (tertiary/aromatic N) is 2. The largest absolute Gasteiger partial charge is 0.507 e. The highest BCUT2D eigenvalue weighted by Gasteiger charge is 2.47. The zero-order valence-corrected chi connectivity index (χ0v) is 18.3. The van der Waals surface area contributed by atoms with Crippen molar-refractivity contribution >= 4 is 34.0 Å². The van der Waals surface area contributed by atoms with Gasteiger partial charge in [0.15, 0.2) is 0 Å². The van der Waals surface area contributed by atoms with Gasteiger partial charge in [0.25, 0.3) is 11.7 Å². The van der Waals surface area contributed by atoms with Crippen LogP contribution in [0, 0.1) is 0 Å². The van der Waals surface area contributed by atoms with Crippen LogP contribution in [0.4, 0.5) is 5.69 Å². The van der Waals surface area contributed by atoms with E-state index in [1.54, 1.807) is 30.7 Å². The quantitative estimate of drug-likeness (QED) is 0.257. The lowest BCUT2D eigenvalue weighted by molar-refractivity contribution is -0.132. The maximum absolute atomic E-state index is 13.3. The number of amides is 1. The van der Waals surface area contributed by atoms with Crippen LogP contribution in [0.5, 0.6) is 0 Å². The lowest BCUT2D eigenvalue weighted by atomic mass is 9.95. The van der Waals surface area contributed by atoms with E-state index in [0.29, 0.717) is 22.7 Å². The van der Waals surface area contributed by atoms with Crippen molar-refractivity contribution in [3.63, 3.8) is 0 Å². The van der Waals surface area contributed by atoms with E-state index in [1.165, 1.54) is 4.90 Å². The third-order valence-corrected chi connectivity index (χ3v) is 6.15. The number of H-pyrrole nitrogens is 1. The Balaban J connectivity index is 1.71. The average Bonchev–Trinajstić information content (AvgIpc) is 3.38. The molecule has 1 atom stereocenters. The fraction of sp³-hybridized carbons (Fsp3) is 0.148. The van der Waals surface area contributed by atoms with Crippen LogP contribution in [-0.2, 0) is 9.59 Å². The van der Waals surface area contributed by atoms with Gasteiger partial charge in [0.2, 0.25) is 0 Å². The number of carbonyl (C=O) groups is 2. The number of Topliss-reactive ketones (excluding diaryl/α,β-unsaturated/α-hetero) is 1. The molecule has 164 valence electrons. The first-order chi connectivity index (χ1) is 16.0. The van der Waals surface area contributed by atoms with Gasteiger partial charge in [-0.1, -0.05) is 44.2 Å². The van der Waals surface area contributed by atoms with Crippen LogP contribution < -0.4 is 4.90 Å². The molecule has 1 aliphatic rings. The lowest BCUT2D eigenvalue weighted by Crippen LogP contribution is -2.29. The van der Waals surface area contributed by atoms with Gasteiger partial charge in [0.1, 0.15) is 5.76 Å². The smallest absolute Gasteiger partial charge is 0.300 e. The first-order valence-electron chi connectivity index (χ1n) is 10.8. The number of fused-ring (bicyclic) bond motifs is 1. The molecule has 6 nitrogen and oxygen atoms in total. The fourth-order valence-corrected chi connectivity index (χ4v) is 4.39. The van der Waals surface area contributed by atoms with Gasteiger partial charge >= 0.3 is 0 Å². The van der Waals surface area contributed by atoms with Crippen molar-refractivity contribution in [3.8, 4) is 0 Å². The van der Waals surface area contributed by atoms with Crippen LogP contribution in [0.15, 0.2) is 84.8 Å². The number of pyridine rings is 1. The van der Waals surface area contributed by atoms with Crippen molar-refractivity contribution in [1.29, 1.82) is 0 Å². The number of aliphatic hydroxyl groups excluding tert-OH is 1. The topological polar surface area (TPSA) is 86.3 Å². The molecule has 0 spiro atoms. The molecule has 3 heterocycles. The molecule has 0 radical (unpaired) electrons. The summed E-state index contributed by atoms with van der Waals surface area (Å²) in [5.74, 6) is -1.25. The number of aliphatic hydroxyl groups is 1. The molecule has 33 heavy (non-hydrogen) atoms. The number of aromatic amines is 1. The molecular formula is C27H23N3O3. The molecule has 5 rings (SSSR count). The number of hydrogen-bond donors (Lipinski definition) is 2. The van der Waals surface area contributed by atoms with Crippen LogP contribution in [-0.4, -0.2) is 26.8 Å². The summed E-state index contributed by atoms with van der Waals surface area (Å²) < 4.78 is 0. The standard InChI is InChI=1S/C27H23N3O3/c1-16(2)17-7-9-19(10-8-17)30-24(18-11-13-28-14-12-18)23(26(32)27(30)33)25(31)21-15-29-22-6-4-3-5-20(21)22/h3-16,24,29,31H,1-2H3/b25-23-. The first-order valence-corrected chi connectivity index (χ1v) is 10.8. The van der Waals surface area contributed by atoms with Gasteiger partial charge in [-0.25, -0.2) is 0 Å². The Morgan fingerprint density at radius 1 is 1.00 bits per heavy atom. The summed E-state index contributed by atoms with van der Waals surface area (Å²) in [7, 11) is 0. The molecule has 4 aromatic rings. The summed E-state index contributed by atoms with van der Waals surface area (Å²) >= 11 is 0. The highest BCUT2D eigenvalue weighted by Crippen LogP contribution is 2.43. The van der Waals surface area contributed by atoms with Gasteiger partial charge in [0, 0.05) is 40.7 Å². The highest BCUT2D eigenvalue weighted by molar-refractivity contribution is 6.51. The van der Waals surface area contributed by atoms with Gasteiger partial charge in [-0.05, 0) is 47.4 Å². The molecule has 1 aliphatic heterocycles. The average molecular weight is 437 g/mol. The number of hydrogen-bond acceptors (Lipinski definition) is 4. The second-order valence-corrected chi connectivity index (χ2v) is 8.44. The molecule has 0 aliphatic carbocycles. The monoisotopic (exact) mass is 437 g/mol. The van der Waals surface area contributed by atoms with E-state index >= 15 is 0 Å². The minimum atomic E-state index is -0.772. The number of carbonyl (C=O) groups excluding carboxylic acids is 2. The number of para-hydroxylation sites is 1. The Hall–Kier alpha value is -4.19. The maximum Gasteiger partial charge on any atom is 0.300 e. The van der Waals surface area contributed by atoms with E-state index < -0.39 is 17.7 Å². The SMILES string of the molecule is CC(C)c1ccc(N2C(=O)C(=O)/C(=C(\O)c3c[nH]c4ccccc34)C2c2ccncc2)cc1. The number of ketones is 1. The van der Waals surface area contributed by atoms with E-state index in [4.69, 9.17) is 0 Å². The van der Waals surface area contributed by atoms with Gasteiger partial charge in [-0.15, -0.1) is 0 Å². The van der Waals surface area contributed by atoms with Crippen molar-refractivity contribution in [2.24, 2.45) is 0 Å². The number of benzene rings is 2. The molecule has 1 fully saturated rings. The number of anilines is 1. The van der Waals surface area contributed by atoms with E-state index in [1.807, 2.05) is 48.5 Å². The minimum absolute atomic E-state index is 0.0592. The Kier molecular flexibility index (Phi) is 5.05. The maximum atomic E-state index is 13.3. The molecule has 1 amide bonds. The van der Waals surface area contributed by atoms with Crippen LogP contribution in [0.1, 0.15) is 42.5 Å². The fourth-order valence-electron chi connectivity index (χ4n) is 4.39. The van der Waals surface area contributed by atoms with E-state index in [9.17, 15) is 14.7 Å². The third kappa shape index (κ3) is 3.40. The van der Waals surface area contributed by atoms with Crippen LogP contribution in [0.2, 0.25) is 0 Å². The third-order valence-electron chi connectivity index (χ3n) is 6.15. The Bertz CT molecular complexity index is 1390. The van der Waals surface area contributed by atoms with Crippen LogP contribution in [0.25, 0.3) is 16.7 Å². The van der Waals surface area contributed by atoms with Crippen molar-refractivity contribution in [2.45, 2.75) is 25.8 Å². The van der Waals surface area contributed by atoms with Gasteiger partial charge in [-0.3, -0.25) is 19.5 Å². The van der Waals surface area contributed by atoms with Crippen molar-refractivity contribution in [3.05, 3.63) is 102 Å². The van der Waals surface area contributed by atoms with Crippen molar-refractivity contribution in [1.82, 2.24) is 9.97 Å². The molecule has 6 heteroatoms. The van der Waals surface area contributed by atoms with Gasteiger partial charge in [0.05, 0.1) is 11.6 Å². The van der Waals surface area contributed by atoms with Crippen LogP contribution in [0.3, 0.4) is 0 Å². The summed E-state index contributed by atoms with van der Waals surface area (Å²) in [4.78, 5) is 35.2. The van der Waals surface area contributed by atoms with Crippen molar-refractivity contribution < 1.29 is 14.7 Å². The molecule has 2 aromatic heterocycles. The minimum Gasteiger partial charge on any atom is -0.507 e. The molecule has 1 unspecified atom stereocenters. The summed E-state index contributed by atoms with van der Waals surface area (Å²) in [6.45, 7) is 4.19. The van der Waals surface area contributed by atoms with E-state index in [-0.39, 0.29) is 11.3 Å². The molecule has 2 aromatic carbocycles. The number of aromatic nitrogens is 2. The Labute approximate surface area is 191 Å². The number of rotatable bonds is 4. The zero-order valence-electron chi connectivity index (χ0n) is 18.3. The van der Waals surface area contributed by atoms with Crippen molar-refractivity contribution in [2.75, 3.05) is 4.90 Å². The second-order valence-electron chi connectivity index (χ2n) is 8.44. The Morgan fingerprint density at radius 2 is 1.70 bits per heavy atom. The summed E-state index contributed by atoms with van der Waals surface area (Å²) in [5.41, 5.74) is 3.80. The predicted molar refractivity (Wildman–Crippen MR) is 128 cm³/mol. The molecule has 2 N–H and O–H groups in total. The van der Waals surface area contributed by atoms with E-state index in [0.717, 1.165) is 16.5 Å². The normalized spacial score (nSPS) is 17.9.